The number of nitrogens with zero attached hydrogens (tertiary/aromatic N) is 2. The van der Waals surface area contributed by atoms with Crippen LogP contribution in [0.15, 0.2) is 60.9 Å². The number of fused-ring (bicyclic) bond motifs is 1. The van der Waals surface area contributed by atoms with Crippen molar-refractivity contribution >= 4 is 5.91 Å². The number of ether oxygens (including phenoxy) is 1. The summed E-state index contributed by atoms with van der Waals surface area (Å²) in [5.74, 6) is 0.103. The molecule has 0 saturated heterocycles. The van der Waals surface area contributed by atoms with Crippen molar-refractivity contribution in [2.75, 3.05) is 7.18 Å². The van der Waals surface area contributed by atoms with Gasteiger partial charge in [0.15, 0.2) is 0 Å². The topological polar surface area (TPSA) is 54.5 Å². The van der Waals surface area contributed by atoms with Crippen molar-refractivity contribution in [3.63, 3.8) is 0 Å². The van der Waals surface area contributed by atoms with E-state index >= 15 is 0 Å². The van der Waals surface area contributed by atoms with Crippen LogP contribution < -0.4 is 10.1 Å². The summed E-state index contributed by atoms with van der Waals surface area (Å²) >= 11 is 0. The first-order valence-corrected chi connectivity index (χ1v) is 10.4. The molecule has 1 aromatic heterocycles. The molecule has 0 radical (unpaired) electrons. The fraction of sp³-hybridized carbons (Fsp3) is 0.280. The summed E-state index contributed by atoms with van der Waals surface area (Å²) in [4.78, 5) is 18.7. The van der Waals surface area contributed by atoms with Crippen LogP contribution in [0.1, 0.15) is 38.2 Å². The normalized spacial score (nSPS) is 12.4. The fourth-order valence-electron chi connectivity index (χ4n) is 3.89. The maximum atomic E-state index is 12.9. The summed E-state index contributed by atoms with van der Waals surface area (Å²) < 4.78 is 38.5. The van der Waals surface area contributed by atoms with E-state index in [0.717, 1.165) is 34.4 Å². The molecule has 0 spiro atoms. The zero-order chi connectivity index (χ0) is 23.8. The van der Waals surface area contributed by atoms with Gasteiger partial charge in [0.2, 0.25) is 0 Å². The van der Waals surface area contributed by atoms with E-state index in [0.29, 0.717) is 26.8 Å². The highest BCUT2D eigenvalue weighted by Crippen LogP contribution is 2.29. The number of aromatic nitrogens is 1. The van der Waals surface area contributed by atoms with E-state index < -0.39 is 6.61 Å². The Morgan fingerprint density at radius 3 is 2.33 bits per heavy atom. The van der Waals surface area contributed by atoms with Gasteiger partial charge < -0.3 is 15.0 Å². The van der Waals surface area contributed by atoms with Gasteiger partial charge in [-0.1, -0.05) is 24.3 Å². The third-order valence-corrected chi connectivity index (χ3v) is 5.27. The van der Waals surface area contributed by atoms with Crippen LogP contribution in [0.3, 0.4) is 0 Å². The van der Waals surface area contributed by atoms with Gasteiger partial charge in [-0.2, -0.15) is 8.78 Å². The van der Waals surface area contributed by atoms with Gasteiger partial charge in [-0.05, 0) is 59.0 Å². The number of amides is 1. The number of halogens is 3. The minimum Gasteiger partial charge on any atom is -0.435 e. The lowest BCUT2D eigenvalue weighted by Gasteiger charge is -2.16. The number of pyridine rings is 1. The van der Waals surface area contributed by atoms with Crippen LogP contribution in [0, 0.1) is 6.92 Å². The first kappa shape index (κ1) is 24.3. The average Bonchev–Trinajstić information content (AvgIpc) is 3.12. The van der Waals surface area contributed by atoms with Crippen LogP contribution in [0.2, 0.25) is 0 Å². The molecule has 1 N–H and O–H groups in total. The third kappa shape index (κ3) is 6.32. The molecule has 2 aromatic carbocycles. The van der Waals surface area contributed by atoms with Crippen LogP contribution in [-0.4, -0.2) is 29.6 Å². The first-order chi connectivity index (χ1) is 16.0. The van der Waals surface area contributed by atoms with Crippen LogP contribution in [-0.2, 0) is 26.2 Å². The number of hydrogen-bond acceptors (Lipinski definition) is 4. The molecule has 33 heavy (non-hydrogen) atoms. The number of alkyl halides is 3. The molecule has 4 rings (SSSR count). The van der Waals surface area contributed by atoms with E-state index in [9.17, 15) is 18.0 Å². The highest BCUT2D eigenvalue weighted by atomic mass is 19.3. The van der Waals surface area contributed by atoms with Crippen molar-refractivity contribution in [3.05, 3.63) is 94.3 Å². The number of hydrogen-bond donors (Lipinski definition) is 1. The summed E-state index contributed by atoms with van der Waals surface area (Å²) in [6.45, 7) is 1.51. The van der Waals surface area contributed by atoms with Crippen LogP contribution >= 0.6 is 0 Å². The van der Waals surface area contributed by atoms with E-state index in [1.54, 1.807) is 29.4 Å². The molecule has 1 aliphatic rings. The standard InChI is InChI=1S/C24H23F2N3O2.CH3F/c1-16-10-19(13-28-12-17-6-8-27-9-7-17)11-20-15-29(23(30)22(16)20)14-18-2-4-21(5-3-18)31-24(25)26;1-2/h2-11,24,28H,12-15H2,1H3;1H3. The minimum absolute atomic E-state index is 0.00305. The average molecular weight is 457 g/mol. The molecule has 2 heterocycles. The molecule has 0 fully saturated rings. The summed E-state index contributed by atoms with van der Waals surface area (Å²) in [5, 5.41) is 3.43. The summed E-state index contributed by atoms with van der Waals surface area (Å²) in [6.07, 6.45) is 3.55. The quantitative estimate of drug-likeness (QED) is 0.516. The number of carbonyl (C=O) groups is 1. The van der Waals surface area contributed by atoms with Gasteiger partial charge in [-0.3, -0.25) is 14.2 Å². The van der Waals surface area contributed by atoms with Crippen molar-refractivity contribution in [1.82, 2.24) is 15.2 Å². The first-order valence-electron chi connectivity index (χ1n) is 10.4. The molecule has 0 aliphatic carbocycles. The van der Waals surface area contributed by atoms with Gasteiger partial charge in [-0.15, -0.1) is 0 Å². The Bertz CT molecular complexity index is 1060. The van der Waals surface area contributed by atoms with Crippen molar-refractivity contribution in [1.29, 1.82) is 0 Å². The van der Waals surface area contributed by atoms with Crippen LogP contribution in [0.4, 0.5) is 13.2 Å². The highest BCUT2D eigenvalue weighted by Gasteiger charge is 2.29. The van der Waals surface area contributed by atoms with Gasteiger partial charge >= 0.3 is 6.61 Å². The monoisotopic (exact) mass is 457 g/mol. The maximum Gasteiger partial charge on any atom is 0.387 e. The number of nitrogens with one attached hydrogen (secondary N) is 1. The zero-order valence-corrected chi connectivity index (χ0v) is 18.5. The Hall–Kier alpha value is -3.39. The predicted molar refractivity (Wildman–Crippen MR) is 120 cm³/mol. The molecule has 0 atom stereocenters. The molecule has 3 aromatic rings. The van der Waals surface area contributed by atoms with Crippen molar-refractivity contribution < 1.29 is 22.7 Å². The summed E-state index contributed by atoms with van der Waals surface area (Å²) in [5.41, 5.74) is 5.90. The molecule has 1 amide bonds. The van der Waals surface area contributed by atoms with Gasteiger partial charge in [0.05, 0.1) is 7.18 Å². The Morgan fingerprint density at radius 1 is 1.00 bits per heavy atom. The number of aryl methyl sites for hydroxylation is 1. The maximum absolute atomic E-state index is 12.9. The van der Waals surface area contributed by atoms with E-state index in [1.165, 1.54) is 17.7 Å². The predicted octanol–water partition coefficient (Wildman–Crippen LogP) is 5.02. The van der Waals surface area contributed by atoms with Crippen LogP contribution in [0.25, 0.3) is 0 Å². The second kappa shape index (κ2) is 11.5. The molecule has 0 unspecified atom stereocenters. The molecular weight excluding hydrogens is 431 g/mol. The number of rotatable bonds is 8. The van der Waals surface area contributed by atoms with Gasteiger partial charge in [0.25, 0.3) is 5.91 Å². The molecule has 0 bridgehead atoms. The molecule has 0 saturated carbocycles. The molecule has 1 aliphatic heterocycles. The van der Waals surface area contributed by atoms with E-state index in [4.69, 9.17) is 0 Å². The number of benzene rings is 2. The fourth-order valence-corrected chi connectivity index (χ4v) is 3.89. The largest absolute Gasteiger partial charge is 0.435 e. The molecule has 8 heteroatoms. The second-order valence-corrected chi connectivity index (χ2v) is 7.59. The van der Waals surface area contributed by atoms with Crippen molar-refractivity contribution in [3.8, 4) is 5.75 Å². The Kier molecular flexibility index (Phi) is 8.43. The summed E-state index contributed by atoms with van der Waals surface area (Å²) in [6, 6.07) is 14.5. The van der Waals surface area contributed by atoms with Gasteiger partial charge in [0, 0.05) is 44.1 Å². The van der Waals surface area contributed by atoms with E-state index in [-0.39, 0.29) is 11.7 Å². The number of carbonyl (C=O) groups excluding carboxylic acids is 1. The Labute approximate surface area is 191 Å². The van der Waals surface area contributed by atoms with Crippen molar-refractivity contribution in [2.45, 2.75) is 39.7 Å². The molecular formula is C25H26F3N3O2. The highest BCUT2D eigenvalue weighted by molar-refractivity contribution is 5.99. The third-order valence-electron chi connectivity index (χ3n) is 5.27. The molecule has 174 valence electrons. The van der Waals surface area contributed by atoms with Crippen LogP contribution in [0.5, 0.6) is 5.75 Å². The van der Waals surface area contributed by atoms with Crippen molar-refractivity contribution in [2.24, 2.45) is 0 Å². The van der Waals surface area contributed by atoms with Gasteiger partial charge in [-0.25, -0.2) is 0 Å². The smallest absolute Gasteiger partial charge is 0.387 e. The Balaban J connectivity index is 0.00000149. The summed E-state index contributed by atoms with van der Waals surface area (Å²) in [7, 11) is 0.500. The minimum atomic E-state index is -2.85. The van der Waals surface area contributed by atoms with Gasteiger partial charge in [0.1, 0.15) is 5.75 Å². The lowest BCUT2D eigenvalue weighted by atomic mass is 10.0. The second-order valence-electron chi connectivity index (χ2n) is 7.59. The van der Waals surface area contributed by atoms with E-state index in [1.807, 2.05) is 19.1 Å². The lowest BCUT2D eigenvalue weighted by molar-refractivity contribution is -0.0498. The van der Waals surface area contributed by atoms with E-state index in [2.05, 4.69) is 27.2 Å². The molecule has 5 nitrogen and oxygen atoms in total. The lowest BCUT2D eigenvalue weighted by Crippen LogP contribution is -2.23. The Morgan fingerprint density at radius 2 is 1.67 bits per heavy atom. The SMILES string of the molecule is CF.Cc1cc(CNCc2ccncc2)cc2c1C(=O)N(Cc1ccc(OC(F)F)cc1)C2. The zero-order valence-electron chi connectivity index (χ0n) is 18.5.